The van der Waals surface area contributed by atoms with Crippen LogP contribution in [0.25, 0.3) is 11.0 Å². The van der Waals surface area contributed by atoms with E-state index >= 15 is 0 Å². The number of carbonyl (C=O) groups is 2. The quantitative estimate of drug-likeness (QED) is 0.594. The van der Waals surface area contributed by atoms with E-state index in [9.17, 15) is 14.0 Å². The van der Waals surface area contributed by atoms with Gasteiger partial charge in [0.15, 0.2) is 5.75 Å². The van der Waals surface area contributed by atoms with E-state index in [0.29, 0.717) is 22.3 Å². The fraction of sp³-hybridized carbons (Fsp3) is 0.304. The maximum Gasteiger partial charge on any atom is 0.295 e. The normalized spacial score (nSPS) is 14.5. The van der Waals surface area contributed by atoms with Crippen LogP contribution in [0.4, 0.5) is 15.8 Å². The number of furan rings is 1. The molecule has 3 aromatic rings. The third kappa shape index (κ3) is 4.15. The molecular weight excluding hydrogens is 387 g/mol. The third-order valence-electron chi connectivity index (χ3n) is 5.40. The summed E-state index contributed by atoms with van der Waals surface area (Å²) in [6.45, 7) is 0. The highest BCUT2D eigenvalue weighted by Crippen LogP contribution is 2.35. The molecular formula is C23H23FN2O4. The Hall–Kier alpha value is -3.35. The Morgan fingerprint density at radius 3 is 2.40 bits per heavy atom. The van der Waals surface area contributed by atoms with Gasteiger partial charge in [0.05, 0.1) is 12.5 Å². The average Bonchev–Trinajstić information content (AvgIpc) is 3.14. The van der Waals surface area contributed by atoms with Gasteiger partial charge in [0.1, 0.15) is 11.4 Å². The van der Waals surface area contributed by atoms with Gasteiger partial charge in [-0.1, -0.05) is 19.3 Å². The Bertz CT molecular complexity index is 1070. The Balaban J connectivity index is 1.57. The zero-order chi connectivity index (χ0) is 21.1. The fourth-order valence-electron chi connectivity index (χ4n) is 3.84. The number of halogens is 1. The first-order valence-corrected chi connectivity index (χ1v) is 10.0. The summed E-state index contributed by atoms with van der Waals surface area (Å²) < 4.78 is 24.2. The fourth-order valence-corrected chi connectivity index (χ4v) is 3.84. The van der Waals surface area contributed by atoms with Gasteiger partial charge in [-0.15, -0.1) is 0 Å². The van der Waals surface area contributed by atoms with Gasteiger partial charge in [0.25, 0.3) is 5.91 Å². The summed E-state index contributed by atoms with van der Waals surface area (Å²) in [6, 6.07) is 10.6. The van der Waals surface area contributed by atoms with E-state index < -0.39 is 11.7 Å². The highest BCUT2D eigenvalue weighted by atomic mass is 19.1. The molecule has 2 amide bonds. The highest BCUT2D eigenvalue weighted by molar-refractivity contribution is 6.08. The van der Waals surface area contributed by atoms with Crippen LogP contribution in [-0.2, 0) is 4.79 Å². The van der Waals surface area contributed by atoms with Crippen molar-refractivity contribution in [2.75, 3.05) is 17.7 Å². The molecule has 0 aliphatic heterocycles. The number of methoxy groups -OCH3 is 1. The number of ether oxygens (including phenoxy) is 1. The predicted octanol–water partition coefficient (Wildman–Crippen LogP) is 5.35. The lowest BCUT2D eigenvalue weighted by molar-refractivity contribution is -0.120. The lowest BCUT2D eigenvalue weighted by Gasteiger charge is -2.20. The van der Waals surface area contributed by atoms with Crippen LogP contribution < -0.4 is 15.4 Å². The van der Waals surface area contributed by atoms with Crippen molar-refractivity contribution >= 4 is 34.2 Å². The van der Waals surface area contributed by atoms with E-state index in [1.165, 1.54) is 37.8 Å². The molecule has 7 heteroatoms. The van der Waals surface area contributed by atoms with Crippen LogP contribution >= 0.6 is 0 Å². The number of fused-ring (bicyclic) bond motifs is 1. The van der Waals surface area contributed by atoms with Gasteiger partial charge in [-0.2, -0.15) is 0 Å². The van der Waals surface area contributed by atoms with E-state index in [1.54, 1.807) is 18.2 Å². The van der Waals surface area contributed by atoms with Gasteiger partial charge in [-0.05, 0) is 55.3 Å². The van der Waals surface area contributed by atoms with Crippen LogP contribution in [0.3, 0.4) is 0 Å². The van der Waals surface area contributed by atoms with Crippen molar-refractivity contribution in [2.24, 2.45) is 5.92 Å². The van der Waals surface area contributed by atoms with E-state index in [0.717, 1.165) is 25.7 Å². The number of benzene rings is 2. The predicted molar refractivity (Wildman–Crippen MR) is 112 cm³/mol. The van der Waals surface area contributed by atoms with Gasteiger partial charge in [-0.25, -0.2) is 4.39 Å². The number of amides is 2. The summed E-state index contributed by atoms with van der Waals surface area (Å²) in [5.74, 6) is -0.561. The monoisotopic (exact) mass is 410 g/mol. The Morgan fingerprint density at radius 1 is 1.00 bits per heavy atom. The van der Waals surface area contributed by atoms with E-state index in [-0.39, 0.29) is 23.3 Å². The number of rotatable bonds is 5. The van der Waals surface area contributed by atoms with Crippen LogP contribution in [-0.4, -0.2) is 18.9 Å². The zero-order valence-corrected chi connectivity index (χ0v) is 16.7. The molecule has 1 aromatic heterocycles. The Morgan fingerprint density at radius 2 is 1.70 bits per heavy atom. The molecule has 2 N–H and O–H groups in total. The van der Waals surface area contributed by atoms with Gasteiger partial charge < -0.3 is 19.8 Å². The maximum atomic E-state index is 13.1. The zero-order valence-electron chi connectivity index (χ0n) is 16.7. The molecule has 6 nitrogen and oxygen atoms in total. The van der Waals surface area contributed by atoms with Crippen molar-refractivity contribution in [1.29, 1.82) is 0 Å². The molecule has 0 bridgehead atoms. The number of hydrogen-bond donors (Lipinski definition) is 2. The first kappa shape index (κ1) is 19.9. The Kier molecular flexibility index (Phi) is 5.70. The summed E-state index contributed by atoms with van der Waals surface area (Å²) >= 11 is 0. The summed E-state index contributed by atoms with van der Waals surface area (Å²) in [7, 11) is 1.45. The van der Waals surface area contributed by atoms with Crippen LogP contribution in [0.2, 0.25) is 0 Å². The standard InChI is InChI=1S/C23H23FN2O4/c1-29-20-18-13-17(26-22(27)14-5-3-2-4-6-14)11-12-19(18)30-21(20)23(28)25-16-9-7-15(24)8-10-16/h7-14H,2-6H2,1H3,(H,25,28)(H,26,27). The largest absolute Gasteiger partial charge is 0.492 e. The molecule has 0 atom stereocenters. The SMILES string of the molecule is COc1c(C(=O)Nc2ccc(F)cc2)oc2ccc(NC(=O)C3CCCCC3)cc12. The molecule has 1 aliphatic carbocycles. The summed E-state index contributed by atoms with van der Waals surface area (Å²) in [4.78, 5) is 25.2. The van der Waals surface area contributed by atoms with Crippen molar-refractivity contribution in [3.05, 3.63) is 54.0 Å². The van der Waals surface area contributed by atoms with Crippen molar-refractivity contribution in [2.45, 2.75) is 32.1 Å². The smallest absolute Gasteiger partial charge is 0.295 e. The summed E-state index contributed by atoms with van der Waals surface area (Å²) in [5.41, 5.74) is 1.53. The van der Waals surface area contributed by atoms with Crippen molar-refractivity contribution in [3.8, 4) is 5.75 Å². The molecule has 0 radical (unpaired) electrons. The van der Waals surface area contributed by atoms with Crippen molar-refractivity contribution in [3.63, 3.8) is 0 Å². The van der Waals surface area contributed by atoms with Crippen molar-refractivity contribution < 1.29 is 23.1 Å². The maximum absolute atomic E-state index is 13.1. The second kappa shape index (κ2) is 8.57. The van der Waals surface area contributed by atoms with Crippen LogP contribution in [0.5, 0.6) is 5.75 Å². The van der Waals surface area contributed by atoms with Gasteiger partial charge in [0.2, 0.25) is 11.7 Å². The molecule has 2 aromatic carbocycles. The van der Waals surface area contributed by atoms with Crippen molar-refractivity contribution in [1.82, 2.24) is 0 Å². The lowest BCUT2D eigenvalue weighted by atomic mass is 9.88. The van der Waals surface area contributed by atoms with E-state index in [4.69, 9.17) is 9.15 Å². The summed E-state index contributed by atoms with van der Waals surface area (Å²) in [5, 5.41) is 6.21. The average molecular weight is 410 g/mol. The van der Waals surface area contributed by atoms with Crippen LogP contribution in [0.15, 0.2) is 46.9 Å². The second-order valence-electron chi connectivity index (χ2n) is 7.46. The van der Waals surface area contributed by atoms with Gasteiger partial charge in [0, 0.05) is 17.3 Å². The number of nitrogens with one attached hydrogen (secondary N) is 2. The van der Waals surface area contributed by atoms with Gasteiger partial charge in [-0.3, -0.25) is 9.59 Å². The minimum Gasteiger partial charge on any atom is -0.492 e. The molecule has 1 saturated carbocycles. The Labute approximate surface area is 173 Å². The number of hydrogen-bond acceptors (Lipinski definition) is 4. The third-order valence-corrected chi connectivity index (χ3v) is 5.40. The molecule has 0 unspecified atom stereocenters. The topological polar surface area (TPSA) is 80.6 Å². The highest BCUT2D eigenvalue weighted by Gasteiger charge is 2.24. The molecule has 4 rings (SSSR count). The second-order valence-corrected chi connectivity index (χ2v) is 7.46. The summed E-state index contributed by atoms with van der Waals surface area (Å²) in [6.07, 6.45) is 5.18. The van der Waals surface area contributed by atoms with Crippen LogP contribution in [0, 0.1) is 11.7 Å². The first-order valence-electron chi connectivity index (χ1n) is 10.0. The molecule has 0 spiro atoms. The molecule has 1 aliphatic rings. The molecule has 156 valence electrons. The van der Waals surface area contributed by atoms with Crippen LogP contribution in [0.1, 0.15) is 42.7 Å². The number of anilines is 2. The molecule has 30 heavy (non-hydrogen) atoms. The molecule has 1 fully saturated rings. The number of carbonyl (C=O) groups excluding carboxylic acids is 2. The lowest BCUT2D eigenvalue weighted by Crippen LogP contribution is -2.24. The minimum atomic E-state index is -0.512. The molecule has 0 saturated heterocycles. The van der Waals surface area contributed by atoms with E-state index in [2.05, 4.69) is 10.6 Å². The molecule has 1 heterocycles. The first-order chi connectivity index (χ1) is 14.5. The minimum absolute atomic E-state index is 0.00702. The van der Waals surface area contributed by atoms with E-state index in [1.807, 2.05) is 0 Å². The van der Waals surface area contributed by atoms with Gasteiger partial charge >= 0.3 is 0 Å².